The Hall–Kier alpha value is -2.93. The number of fused-ring (bicyclic) bond motifs is 1. The Morgan fingerprint density at radius 1 is 1.24 bits per heavy atom. The first kappa shape index (κ1) is 16.9. The molecule has 0 aliphatic carbocycles. The van der Waals surface area contributed by atoms with Crippen LogP contribution in [0.2, 0.25) is 0 Å². The number of aromatic amines is 2. The number of likely N-dealkylation sites (N-methyl/N-ethyl adjacent to an activating group) is 1. The van der Waals surface area contributed by atoms with E-state index in [0.29, 0.717) is 23.3 Å². The molecule has 0 fully saturated rings. The predicted molar refractivity (Wildman–Crippen MR) is 97.6 cm³/mol. The molecule has 0 aliphatic rings. The van der Waals surface area contributed by atoms with Gasteiger partial charge in [-0.05, 0) is 55.8 Å². The summed E-state index contributed by atoms with van der Waals surface area (Å²) in [7, 11) is 1.89. The van der Waals surface area contributed by atoms with Crippen molar-refractivity contribution in [3.05, 3.63) is 57.8 Å². The van der Waals surface area contributed by atoms with Crippen LogP contribution in [0.1, 0.15) is 16.7 Å². The van der Waals surface area contributed by atoms with Gasteiger partial charge >= 0.3 is 5.69 Å². The molecule has 0 aliphatic heterocycles. The highest BCUT2D eigenvalue weighted by molar-refractivity contribution is 6.01. The second-order valence-corrected chi connectivity index (χ2v) is 6.27. The number of anilines is 1. The molecule has 0 atom stereocenters. The van der Waals surface area contributed by atoms with Crippen molar-refractivity contribution in [1.29, 1.82) is 0 Å². The lowest BCUT2D eigenvalue weighted by atomic mass is 10.1. The highest BCUT2D eigenvalue weighted by Gasteiger charge is 2.14. The minimum Gasteiger partial charge on any atom is -0.323 e. The van der Waals surface area contributed by atoms with Crippen molar-refractivity contribution in [3.63, 3.8) is 0 Å². The van der Waals surface area contributed by atoms with E-state index >= 15 is 0 Å². The number of carbonyl (C=O) groups excluding carboxylic acids is 1. The van der Waals surface area contributed by atoms with Gasteiger partial charge in [0, 0.05) is 18.9 Å². The molecule has 7 heteroatoms. The lowest BCUT2D eigenvalue weighted by Gasteiger charge is -2.17. The number of carbonyl (C=O) groups is 1. The van der Waals surface area contributed by atoms with Crippen LogP contribution < -0.4 is 11.0 Å². The number of aryl methyl sites for hydroxylation is 1. The molecule has 2 aromatic heterocycles. The fourth-order valence-corrected chi connectivity index (χ4v) is 2.85. The van der Waals surface area contributed by atoms with E-state index in [1.807, 2.05) is 44.0 Å². The molecule has 0 spiro atoms. The number of aromatic nitrogens is 3. The predicted octanol–water partition coefficient (Wildman–Crippen LogP) is 1.94. The molecular formula is C18H21N5O2. The summed E-state index contributed by atoms with van der Waals surface area (Å²) >= 11 is 0. The number of hydrogen-bond donors (Lipinski definition) is 3. The number of nitrogens with zero attached hydrogens (tertiary/aromatic N) is 2. The molecule has 0 bridgehead atoms. The van der Waals surface area contributed by atoms with Gasteiger partial charge in [-0.25, -0.2) is 4.79 Å². The van der Waals surface area contributed by atoms with Gasteiger partial charge < -0.3 is 15.3 Å². The Balaban J connectivity index is 1.76. The maximum Gasteiger partial charge on any atom is 0.323 e. The van der Waals surface area contributed by atoms with E-state index in [0.717, 1.165) is 16.7 Å². The van der Waals surface area contributed by atoms with Crippen LogP contribution in [-0.2, 0) is 11.3 Å². The Kier molecular flexibility index (Phi) is 4.67. The zero-order chi connectivity index (χ0) is 18.0. The van der Waals surface area contributed by atoms with E-state index in [1.54, 1.807) is 12.4 Å². The van der Waals surface area contributed by atoms with Crippen molar-refractivity contribution < 1.29 is 4.79 Å². The van der Waals surface area contributed by atoms with Crippen LogP contribution in [0.3, 0.4) is 0 Å². The second kappa shape index (κ2) is 6.90. The first-order chi connectivity index (χ1) is 11.9. The van der Waals surface area contributed by atoms with Gasteiger partial charge in [0.15, 0.2) is 0 Å². The SMILES string of the molecule is Cc1cc2[nH]c(=O)[nH]c2c(NC(=O)CN(C)Cc2ccncc2)c1C. The van der Waals surface area contributed by atoms with E-state index in [1.165, 1.54) is 0 Å². The zero-order valence-electron chi connectivity index (χ0n) is 14.5. The number of rotatable bonds is 5. The fourth-order valence-electron chi connectivity index (χ4n) is 2.85. The summed E-state index contributed by atoms with van der Waals surface area (Å²) in [6.07, 6.45) is 3.47. The normalized spacial score (nSPS) is 11.2. The quantitative estimate of drug-likeness (QED) is 0.662. The average molecular weight is 339 g/mol. The molecule has 0 saturated carbocycles. The van der Waals surface area contributed by atoms with E-state index < -0.39 is 0 Å². The molecule has 3 aromatic rings. The maximum absolute atomic E-state index is 12.5. The number of amides is 1. The Morgan fingerprint density at radius 2 is 1.96 bits per heavy atom. The highest BCUT2D eigenvalue weighted by Crippen LogP contribution is 2.26. The second-order valence-electron chi connectivity index (χ2n) is 6.27. The number of benzene rings is 1. The molecule has 1 amide bonds. The van der Waals surface area contributed by atoms with E-state index in [-0.39, 0.29) is 18.1 Å². The van der Waals surface area contributed by atoms with Crippen LogP contribution in [0.5, 0.6) is 0 Å². The third-order valence-electron chi connectivity index (χ3n) is 4.21. The lowest BCUT2D eigenvalue weighted by Crippen LogP contribution is -2.30. The topological polar surface area (TPSA) is 93.9 Å². The van der Waals surface area contributed by atoms with Crippen molar-refractivity contribution in [2.75, 3.05) is 18.9 Å². The number of imidazole rings is 1. The largest absolute Gasteiger partial charge is 0.323 e. The lowest BCUT2D eigenvalue weighted by molar-refractivity contribution is -0.117. The Labute approximate surface area is 145 Å². The van der Waals surface area contributed by atoms with Crippen LogP contribution in [-0.4, -0.2) is 39.4 Å². The highest BCUT2D eigenvalue weighted by atomic mass is 16.2. The standard InChI is InChI=1S/C18H21N5O2/c1-11-8-14-17(22-18(25)20-14)16(12(11)2)21-15(24)10-23(3)9-13-4-6-19-7-5-13/h4-8H,9-10H2,1-3H3,(H,21,24)(H2,20,22,25). The molecule has 0 unspecified atom stereocenters. The monoisotopic (exact) mass is 339 g/mol. The van der Waals surface area contributed by atoms with Gasteiger partial charge in [-0.2, -0.15) is 0 Å². The molecule has 3 N–H and O–H groups in total. The van der Waals surface area contributed by atoms with E-state index in [9.17, 15) is 9.59 Å². The van der Waals surface area contributed by atoms with Crippen molar-refractivity contribution in [3.8, 4) is 0 Å². The summed E-state index contributed by atoms with van der Waals surface area (Å²) in [5.41, 5.74) is 4.71. The zero-order valence-corrected chi connectivity index (χ0v) is 14.5. The summed E-state index contributed by atoms with van der Waals surface area (Å²) in [5, 5.41) is 2.94. The molecule has 25 heavy (non-hydrogen) atoms. The summed E-state index contributed by atoms with van der Waals surface area (Å²) < 4.78 is 0. The number of nitrogens with one attached hydrogen (secondary N) is 3. The molecule has 0 saturated heterocycles. The van der Waals surface area contributed by atoms with Gasteiger partial charge in [-0.1, -0.05) is 0 Å². The van der Waals surface area contributed by atoms with Gasteiger partial charge in [-0.3, -0.25) is 14.7 Å². The minimum atomic E-state index is -0.287. The summed E-state index contributed by atoms with van der Waals surface area (Å²) in [6, 6.07) is 5.74. The van der Waals surface area contributed by atoms with Crippen LogP contribution in [0.4, 0.5) is 5.69 Å². The van der Waals surface area contributed by atoms with Gasteiger partial charge in [0.05, 0.1) is 23.3 Å². The number of hydrogen-bond acceptors (Lipinski definition) is 4. The average Bonchev–Trinajstić information content (AvgIpc) is 2.92. The third kappa shape index (κ3) is 3.77. The molecule has 2 heterocycles. The van der Waals surface area contributed by atoms with Crippen LogP contribution >= 0.6 is 0 Å². The molecular weight excluding hydrogens is 318 g/mol. The van der Waals surface area contributed by atoms with Crippen LogP contribution in [0.15, 0.2) is 35.4 Å². The number of pyridine rings is 1. The molecule has 130 valence electrons. The van der Waals surface area contributed by atoms with Gasteiger partial charge in [0.2, 0.25) is 5.91 Å². The van der Waals surface area contributed by atoms with Crippen molar-refractivity contribution in [2.24, 2.45) is 0 Å². The molecule has 0 radical (unpaired) electrons. The maximum atomic E-state index is 12.5. The Morgan fingerprint density at radius 3 is 2.68 bits per heavy atom. The van der Waals surface area contributed by atoms with Gasteiger partial charge in [0.1, 0.15) is 0 Å². The summed E-state index contributed by atoms with van der Waals surface area (Å²) in [5.74, 6) is -0.131. The summed E-state index contributed by atoms with van der Waals surface area (Å²) in [6.45, 7) is 4.77. The number of H-pyrrole nitrogens is 2. The van der Waals surface area contributed by atoms with Crippen LogP contribution in [0.25, 0.3) is 11.0 Å². The smallest absolute Gasteiger partial charge is 0.323 e. The molecule has 7 nitrogen and oxygen atoms in total. The van der Waals surface area contributed by atoms with Crippen LogP contribution in [0, 0.1) is 13.8 Å². The fraction of sp³-hybridized carbons (Fsp3) is 0.278. The minimum absolute atomic E-state index is 0.131. The van der Waals surface area contributed by atoms with Crippen molar-refractivity contribution in [1.82, 2.24) is 19.9 Å². The molecule has 1 aromatic carbocycles. The van der Waals surface area contributed by atoms with E-state index in [4.69, 9.17) is 0 Å². The Bertz CT molecular complexity index is 959. The van der Waals surface area contributed by atoms with Crippen molar-refractivity contribution >= 4 is 22.6 Å². The molecule has 3 rings (SSSR count). The van der Waals surface area contributed by atoms with Gasteiger partial charge in [-0.15, -0.1) is 0 Å². The first-order valence-electron chi connectivity index (χ1n) is 8.03. The van der Waals surface area contributed by atoms with E-state index in [2.05, 4.69) is 20.3 Å². The third-order valence-corrected chi connectivity index (χ3v) is 4.21. The van der Waals surface area contributed by atoms with Gasteiger partial charge in [0.25, 0.3) is 0 Å². The summed E-state index contributed by atoms with van der Waals surface area (Å²) in [4.78, 5) is 35.4. The first-order valence-corrected chi connectivity index (χ1v) is 8.03. The van der Waals surface area contributed by atoms with Crippen molar-refractivity contribution in [2.45, 2.75) is 20.4 Å².